The molecule has 1 saturated heterocycles. The Bertz CT molecular complexity index is 729. The molecule has 1 aromatic rings. The number of hydrogen-bond donors (Lipinski definition) is 1. The fourth-order valence-corrected chi connectivity index (χ4v) is 3.18. The summed E-state index contributed by atoms with van der Waals surface area (Å²) >= 11 is 0. The Labute approximate surface area is 133 Å². The number of piperidine rings is 1. The summed E-state index contributed by atoms with van der Waals surface area (Å²) in [6.07, 6.45) is 0. The lowest BCUT2D eigenvalue weighted by Gasteiger charge is -2.50. The van der Waals surface area contributed by atoms with Gasteiger partial charge in [-0.1, -0.05) is 39.8 Å². The predicted molar refractivity (Wildman–Crippen MR) is 81.4 cm³/mol. The molecule has 1 fully saturated rings. The molecular formula is C17H18N2O4. The van der Waals surface area contributed by atoms with E-state index in [2.05, 4.69) is 5.32 Å². The lowest BCUT2D eigenvalue weighted by Crippen LogP contribution is -2.68. The van der Waals surface area contributed by atoms with Gasteiger partial charge in [-0.3, -0.25) is 29.4 Å². The Kier molecular flexibility index (Phi) is 3.01. The Morgan fingerprint density at radius 1 is 0.913 bits per heavy atom. The number of amides is 4. The molecule has 4 amide bonds. The Morgan fingerprint density at radius 3 is 1.87 bits per heavy atom. The Balaban J connectivity index is 2.12. The fraction of sp³-hybridized carbons (Fsp3) is 0.412. The van der Waals surface area contributed by atoms with E-state index in [0.29, 0.717) is 0 Å². The smallest absolute Gasteiger partial charge is 0.262 e. The van der Waals surface area contributed by atoms with Crippen LogP contribution in [0.1, 0.15) is 48.4 Å². The molecule has 0 bridgehead atoms. The van der Waals surface area contributed by atoms with Crippen molar-refractivity contribution in [3.8, 4) is 0 Å². The van der Waals surface area contributed by atoms with Crippen molar-refractivity contribution in [2.24, 2.45) is 10.8 Å². The molecule has 23 heavy (non-hydrogen) atoms. The molecule has 2 aliphatic heterocycles. The molecule has 0 saturated carbocycles. The second-order valence-corrected chi connectivity index (χ2v) is 7.09. The van der Waals surface area contributed by atoms with Crippen molar-refractivity contribution in [1.82, 2.24) is 10.2 Å². The average Bonchev–Trinajstić information content (AvgIpc) is 2.71. The molecule has 3 rings (SSSR count). The van der Waals surface area contributed by atoms with E-state index in [1.165, 1.54) is 0 Å². The number of carbonyl (C=O) groups is 4. The monoisotopic (exact) mass is 314 g/mol. The van der Waals surface area contributed by atoms with Gasteiger partial charge in [-0.15, -0.1) is 0 Å². The lowest BCUT2D eigenvalue weighted by molar-refractivity contribution is -0.155. The van der Waals surface area contributed by atoms with Crippen molar-refractivity contribution in [2.45, 2.75) is 33.7 Å². The third kappa shape index (κ3) is 1.81. The highest BCUT2D eigenvalue weighted by Gasteiger charge is 2.60. The molecule has 0 radical (unpaired) electrons. The molecular weight excluding hydrogens is 296 g/mol. The average molecular weight is 314 g/mol. The van der Waals surface area contributed by atoms with Crippen molar-refractivity contribution in [3.05, 3.63) is 35.4 Å². The van der Waals surface area contributed by atoms with Crippen LogP contribution < -0.4 is 5.32 Å². The van der Waals surface area contributed by atoms with E-state index in [1.807, 2.05) is 0 Å². The van der Waals surface area contributed by atoms with Crippen molar-refractivity contribution < 1.29 is 19.2 Å². The van der Waals surface area contributed by atoms with Crippen LogP contribution in [-0.4, -0.2) is 34.6 Å². The molecule has 1 atom stereocenters. The van der Waals surface area contributed by atoms with Crippen molar-refractivity contribution in [2.75, 3.05) is 0 Å². The number of hydrogen-bond acceptors (Lipinski definition) is 4. The maximum absolute atomic E-state index is 12.7. The molecule has 2 heterocycles. The lowest BCUT2D eigenvalue weighted by atomic mass is 9.60. The van der Waals surface area contributed by atoms with Gasteiger partial charge in [0.05, 0.1) is 16.5 Å². The number of nitrogens with zero attached hydrogens (tertiary/aromatic N) is 1. The molecule has 1 aromatic carbocycles. The summed E-state index contributed by atoms with van der Waals surface area (Å²) in [6.45, 7) is 6.88. The standard InChI is InChI=1S/C17H18N2O4/c1-16(2)11(12(20)18-15(23)17(16,3)4)19-13(21)9-7-5-6-8-10(9)14(19)22/h5-8,11H,1-4H3,(H,18,20,23). The first-order valence-electron chi connectivity index (χ1n) is 7.43. The molecule has 120 valence electrons. The summed E-state index contributed by atoms with van der Waals surface area (Å²) in [5.41, 5.74) is -1.24. The topological polar surface area (TPSA) is 83.6 Å². The van der Waals surface area contributed by atoms with Crippen LogP contribution >= 0.6 is 0 Å². The van der Waals surface area contributed by atoms with Gasteiger partial charge in [-0.25, -0.2) is 0 Å². The fourth-order valence-electron chi connectivity index (χ4n) is 3.18. The zero-order valence-corrected chi connectivity index (χ0v) is 13.5. The largest absolute Gasteiger partial charge is 0.294 e. The van der Waals surface area contributed by atoms with Gasteiger partial charge in [0.2, 0.25) is 11.8 Å². The SMILES string of the molecule is CC1(C)C(=O)NC(=O)C(N2C(=O)c3ccccc3C2=O)C1(C)C. The summed E-state index contributed by atoms with van der Waals surface area (Å²) < 4.78 is 0. The minimum Gasteiger partial charge on any atom is -0.294 e. The van der Waals surface area contributed by atoms with Crippen LogP contribution in [0.15, 0.2) is 24.3 Å². The van der Waals surface area contributed by atoms with Crippen LogP contribution in [0.25, 0.3) is 0 Å². The van der Waals surface area contributed by atoms with E-state index in [1.54, 1.807) is 52.0 Å². The number of rotatable bonds is 1. The van der Waals surface area contributed by atoms with Crippen LogP contribution in [0.4, 0.5) is 0 Å². The minimum atomic E-state index is -1.04. The molecule has 0 aliphatic carbocycles. The van der Waals surface area contributed by atoms with E-state index in [-0.39, 0.29) is 11.1 Å². The first-order valence-corrected chi connectivity index (χ1v) is 7.43. The molecule has 2 aliphatic rings. The quantitative estimate of drug-likeness (QED) is 0.793. The Hall–Kier alpha value is -2.50. The van der Waals surface area contributed by atoms with E-state index in [4.69, 9.17) is 0 Å². The van der Waals surface area contributed by atoms with Gasteiger partial charge in [0, 0.05) is 5.41 Å². The molecule has 6 nitrogen and oxygen atoms in total. The normalized spacial score (nSPS) is 25.4. The molecule has 6 heteroatoms. The summed E-state index contributed by atoms with van der Waals surface area (Å²) in [5, 5.41) is 2.30. The van der Waals surface area contributed by atoms with Gasteiger partial charge in [0.15, 0.2) is 0 Å². The van der Waals surface area contributed by atoms with Crippen LogP contribution in [0.3, 0.4) is 0 Å². The maximum Gasteiger partial charge on any atom is 0.262 e. The summed E-state index contributed by atoms with van der Waals surface area (Å²) in [4.78, 5) is 51.0. The molecule has 1 N–H and O–H groups in total. The van der Waals surface area contributed by atoms with Crippen LogP contribution in [0.5, 0.6) is 0 Å². The zero-order chi connectivity index (χ0) is 17.2. The van der Waals surface area contributed by atoms with Gasteiger partial charge < -0.3 is 0 Å². The highest BCUT2D eigenvalue weighted by Crippen LogP contribution is 2.47. The van der Waals surface area contributed by atoms with Crippen molar-refractivity contribution >= 4 is 23.6 Å². The molecule has 0 aromatic heterocycles. The molecule has 1 unspecified atom stereocenters. The number of nitrogens with one attached hydrogen (secondary N) is 1. The highest BCUT2D eigenvalue weighted by molar-refractivity contribution is 6.23. The van der Waals surface area contributed by atoms with Gasteiger partial charge in [-0.2, -0.15) is 0 Å². The van der Waals surface area contributed by atoms with Crippen molar-refractivity contribution in [3.63, 3.8) is 0 Å². The summed E-state index contributed by atoms with van der Waals surface area (Å²) in [7, 11) is 0. The number of fused-ring (bicyclic) bond motifs is 1. The van der Waals surface area contributed by atoms with E-state index in [0.717, 1.165) is 4.90 Å². The van der Waals surface area contributed by atoms with Crippen LogP contribution in [0.2, 0.25) is 0 Å². The first kappa shape index (κ1) is 15.4. The highest BCUT2D eigenvalue weighted by atomic mass is 16.2. The van der Waals surface area contributed by atoms with E-state index < -0.39 is 40.5 Å². The minimum absolute atomic E-state index is 0.288. The third-order valence-corrected chi connectivity index (χ3v) is 5.43. The number of benzene rings is 1. The number of imide groups is 2. The first-order chi connectivity index (χ1) is 10.6. The predicted octanol–water partition coefficient (Wildman–Crippen LogP) is 1.36. The van der Waals surface area contributed by atoms with Gasteiger partial charge in [0.25, 0.3) is 11.8 Å². The third-order valence-electron chi connectivity index (χ3n) is 5.43. The van der Waals surface area contributed by atoms with Gasteiger partial charge in [-0.05, 0) is 12.1 Å². The van der Waals surface area contributed by atoms with Crippen LogP contribution in [-0.2, 0) is 9.59 Å². The zero-order valence-electron chi connectivity index (χ0n) is 13.5. The second kappa shape index (κ2) is 4.50. The Morgan fingerprint density at radius 2 is 1.39 bits per heavy atom. The van der Waals surface area contributed by atoms with Gasteiger partial charge >= 0.3 is 0 Å². The number of carbonyl (C=O) groups excluding carboxylic acids is 4. The van der Waals surface area contributed by atoms with E-state index >= 15 is 0 Å². The van der Waals surface area contributed by atoms with Gasteiger partial charge in [0.1, 0.15) is 6.04 Å². The van der Waals surface area contributed by atoms with Crippen molar-refractivity contribution in [1.29, 1.82) is 0 Å². The van der Waals surface area contributed by atoms with E-state index in [9.17, 15) is 19.2 Å². The molecule has 0 spiro atoms. The maximum atomic E-state index is 12.7. The summed E-state index contributed by atoms with van der Waals surface area (Å²) in [5.74, 6) is -2.01. The second-order valence-electron chi connectivity index (χ2n) is 7.09. The summed E-state index contributed by atoms with van der Waals surface area (Å²) in [6, 6.07) is 5.45. The van der Waals surface area contributed by atoms with Crippen LogP contribution in [0, 0.1) is 10.8 Å².